The molecule has 1 aliphatic heterocycles. The van der Waals surface area contributed by atoms with E-state index in [0.29, 0.717) is 32.8 Å². The SMILES string of the molecule is CN(Cc1nc2ccccc2s1)[C@@H](C(=O)N1CCOCC1)c1ccccc1. The normalized spacial score (nSPS) is 16.0. The molecule has 1 aliphatic rings. The van der Waals surface area contributed by atoms with Crippen molar-refractivity contribution in [1.29, 1.82) is 0 Å². The third-order valence-corrected chi connectivity index (χ3v) is 5.86. The highest BCUT2D eigenvalue weighted by Gasteiger charge is 2.30. The topological polar surface area (TPSA) is 45.7 Å². The lowest BCUT2D eigenvalue weighted by Crippen LogP contribution is -2.46. The molecule has 27 heavy (non-hydrogen) atoms. The van der Waals surface area contributed by atoms with Crippen LogP contribution in [0.1, 0.15) is 16.6 Å². The summed E-state index contributed by atoms with van der Waals surface area (Å²) in [4.78, 5) is 22.1. The molecular formula is C21H23N3O2S. The summed E-state index contributed by atoms with van der Waals surface area (Å²) in [6, 6.07) is 17.8. The van der Waals surface area contributed by atoms with E-state index in [1.807, 2.05) is 60.5 Å². The highest BCUT2D eigenvalue weighted by atomic mass is 32.1. The summed E-state index contributed by atoms with van der Waals surface area (Å²) < 4.78 is 6.59. The number of para-hydroxylation sites is 1. The van der Waals surface area contributed by atoms with E-state index in [1.165, 1.54) is 4.70 Å². The number of rotatable bonds is 5. The Morgan fingerprint density at radius 1 is 1.15 bits per heavy atom. The van der Waals surface area contributed by atoms with E-state index in [0.717, 1.165) is 16.1 Å². The molecule has 6 heteroatoms. The lowest BCUT2D eigenvalue weighted by atomic mass is 10.0. The van der Waals surface area contributed by atoms with Gasteiger partial charge in [0.2, 0.25) is 5.91 Å². The van der Waals surface area contributed by atoms with E-state index in [2.05, 4.69) is 11.0 Å². The second-order valence-corrected chi connectivity index (χ2v) is 7.86. The predicted octanol–water partition coefficient (Wildman–Crippen LogP) is 3.33. The van der Waals surface area contributed by atoms with Gasteiger partial charge in [0, 0.05) is 13.1 Å². The standard InChI is InChI=1S/C21H23N3O2S/c1-23(15-19-22-17-9-5-6-10-18(17)27-19)20(16-7-3-2-4-8-16)21(25)24-11-13-26-14-12-24/h2-10,20H,11-15H2,1H3/t20-/m1/s1. The van der Waals surface area contributed by atoms with Gasteiger partial charge in [-0.05, 0) is 24.7 Å². The number of thiazole rings is 1. The van der Waals surface area contributed by atoms with Crippen molar-refractivity contribution in [2.24, 2.45) is 0 Å². The molecule has 0 bridgehead atoms. The Morgan fingerprint density at radius 3 is 2.59 bits per heavy atom. The van der Waals surface area contributed by atoms with Crippen molar-refractivity contribution in [3.63, 3.8) is 0 Å². The molecule has 1 aromatic heterocycles. The first kappa shape index (κ1) is 18.1. The number of morpholine rings is 1. The van der Waals surface area contributed by atoms with Gasteiger partial charge in [-0.3, -0.25) is 9.69 Å². The number of hydrogen-bond acceptors (Lipinski definition) is 5. The number of carbonyl (C=O) groups excluding carboxylic acids is 1. The van der Waals surface area contributed by atoms with E-state index in [4.69, 9.17) is 9.72 Å². The molecule has 140 valence electrons. The molecule has 1 saturated heterocycles. The van der Waals surface area contributed by atoms with Gasteiger partial charge in [0.1, 0.15) is 11.0 Å². The molecule has 0 radical (unpaired) electrons. The van der Waals surface area contributed by atoms with Gasteiger partial charge in [-0.15, -0.1) is 11.3 Å². The zero-order valence-electron chi connectivity index (χ0n) is 15.4. The largest absolute Gasteiger partial charge is 0.378 e. The summed E-state index contributed by atoms with van der Waals surface area (Å²) in [6.45, 7) is 3.15. The van der Waals surface area contributed by atoms with Gasteiger partial charge in [0.05, 0.1) is 30.0 Å². The van der Waals surface area contributed by atoms with Crippen molar-refractivity contribution in [3.05, 3.63) is 65.2 Å². The molecule has 1 fully saturated rings. The molecule has 4 rings (SSSR count). The van der Waals surface area contributed by atoms with Crippen LogP contribution in [-0.4, -0.2) is 54.0 Å². The van der Waals surface area contributed by atoms with Crippen LogP contribution in [0, 0.1) is 0 Å². The second kappa shape index (κ2) is 8.17. The van der Waals surface area contributed by atoms with Crippen LogP contribution in [0.15, 0.2) is 54.6 Å². The van der Waals surface area contributed by atoms with Crippen molar-refractivity contribution in [1.82, 2.24) is 14.8 Å². The number of carbonyl (C=O) groups is 1. The highest BCUT2D eigenvalue weighted by Crippen LogP contribution is 2.27. The molecule has 2 aromatic carbocycles. The number of aromatic nitrogens is 1. The average molecular weight is 382 g/mol. The fourth-order valence-corrected chi connectivity index (χ4v) is 4.50. The maximum absolute atomic E-state index is 13.3. The molecule has 0 unspecified atom stereocenters. The molecule has 0 saturated carbocycles. The lowest BCUT2D eigenvalue weighted by Gasteiger charge is -2.34. The Morgan fingerprint density at radius 2 is 1.85 bits per heavy atom. The average Bonchev–Trinajstić information content (AvgIpc) is 3.12. The molecule has 5 nitrogen and oxygen atoms in total. The summed E-state index contributed by atoms with van der Waals surface area (Å²) in [5, 5.41) is 1.02. The lowest BCUT2D eigenvalue weighted by molar-refractivity contribution is -0.141. The number of benzene rings is 2. The summed E-state index contributed by atoms with van der Waals surface area (Å²) in [6.07, 6.45) is 0. The van der Waals surface area contributed by atoms with E-state index in [-0.39, 0.29) is 11.9 Å². The van der Waals surface area contributed by atoms with Crippen molar-refractivity contribution in [2.45, 2.75) is 12.6 Å². The Labute approximate surface area is 163 Å². The minimum atomic E-state index is -0.323. The Balaban J connectivity index is 1.59. The van der Waals surface area contributed by atoms with Crippen molar-refractivity contribution in [2.75, 3.05) is 33.4 Å². The molecule has 0 N–H and O–H groups in total. The van der Waals surface area contributed by atoms with Crippen molar-refractivity contribution < 1.29 is 9.53 Å². The number of fused-ring (bicyclic) bond motifs is 1. The van der Waals surface area contributed by atoms with Crippen LogP contribution in [0.3, 0.4) is 0 Å². The van der Waals surface area contributed by atoms with Crippen LogP contribution in [0.4, 0.5) is 0 Å². The summed E-state index contributed by atoms with van der Waals surface area (Å²) in [5.41, 5.74) is 2.03. The first-order valence-electron chi connectivity index (χ1n) is 9.18. The van der Waals surface area contributed by atoms with Crippen LogP contribution >= 0.6 is 11.3 Å². The van der Waals surface area contributed by atoms with Gasteiger partial charge < -0.3 is 9.64 Å². The number of amides is 1. The predicted molar refractivity (Wildman–Crippen MR) is 108 cm³/mol. The van der Waals surface area contributed by atoms with Gasteiger partial charge in [-0.25, -0.2) is 4.98 Å². The van der Waals surface area contributed by atoms with Crippen LogP contribution in [0.25, 0.3) is 10.2 Å². The smallest absolute Gasteiger partial charge is 0.244 e. The Hall–Kier alpha value is -2.28. The van der Waals surface area contributed by atoms with E-state index in [1.54, 1.807) is 11.3 Å². The van der Waals surface area contributed by atoms with Gasteiger partial charge in [-0.1, -0.05) is 42.5 Å². The Kier molecular flexibility index (Phi) is 5.48. The fraction of sp³-hybridized carbons (Fsp3) is 0.333. The quantitative estimate of drug-likeness (QED) is 0.680. The van der Waals surface area contributed by atoms with Crippen LogP contribution in [-0.2, 0) is 16.1 Å². The van der Waals surface area contributed by atoms with Gasteiger partial charge >= 0.3 is 0 Å². The van der Waals surface area contributed by atoms with Gasteiger partial charge in [0.25, 0.3) is 0 Å². The highest BCUT2D eigenvalue weighted by molar-refractivity contribution is 7.18. The number of likely N-dealkylation sites (N-methyl/N-ethyl adjacent to an activating group) is 1. The maximum atomic E-state index is 13.3. The van der Waals surface area contributed by atoms with Gasteiger partial charge in [-0.2, -0.15) is 0 Å². The maximum Gasteiger partial charge on any atom is 0.244 e. The summed E-state index contributed by atoms with van der Waals surface area (Å²) >= 11 is 1.69. The number of nitrogens with zero attached hydrogens (tertiary/aromatic N) is 3. The summed E-state index contributed by atoms with van der Waals surface area (Å²) in [5.74, 6) is 0.133. The third kappa shape index (κ3) is 4.03. The minimum absolute atomic E-state index is 0.133. The molecule has 1 atom stereocenters. The number of ether oxygens (including phenoxy) is 1. The van der Waals surface area contributed by atoms with Gasteiger partial charge in [0.15, 0.2) is 0 Å². The monoisotopic (exact) mass is 381 g/mol. The summed E-state index contributed by atoms with van der Waals surface area (Å²) in [7, 11) is 2.00. The van der Waals surface area contributed by atoms with Crippen LogP contribution in [0.5, 0.6) is 0 Å². The molecule has 0 aliphatic carbocycles. The molecule has 2 heterocycles. The molecular weight excluding hydrogens is 358 g/mol. The van der Waals surface area contributed by atoms with E-state index in [9.17, 15) is 4.79 Å². The fourth-order valence-electron chi connectivity index (χ4n) is 3.47. The molecule has 0 spiro atoms. The van der Waals surface area contributed by atoms with Crippen molar-refractivity contribution in [3.8, 4) is 0 Å². The van der Waals surface area contributed by atoms with E-state index >= 15 is 0 Å². The first-order chi connectivity index (χ1) is 13.2. The van der Waals surface area contributed by atoms with Crippen LogP contribution in [0.2, 0.25) is 0 Å². The van der Waals surface area contributed by atoms with Crippen LogP contribution < -0.4 is 0 Å². The molecule has 1 amide bonds. The zero-order chi connectivity index (χ0) is 18.6. The third-order valence-electron chi connectivity index (χ3n) is 4.84. The molecule has 3 aromatic rings. The van der Waals surface area contributed by atoms with Crippen molar-refractivity contribution >= 4 is 27.5 Å². The minimum Gasteiger partial charge on any atom is -0.378 e. The number of hydrogen-bond donors (Lipinski definition) is 0. The zero-order valence-corrected chi connectivity index (χ0v) is 16.2. The first-order valence-corrected chi connectivity index (χ1v) is 10.0. The Bertz CT molecular complexity index is 873. The van der Waals surface area contributed by atoms with E-state index < -0.39 is 0 Å². The second-order valence-electron chi connectivity index (χ2n) is 6.74.